The lowest BCUT2D eigenvalue weighted by Gasteiger charge is -2.47. The van der Waals surface area contributed by atoms with Crippen LogP contribution < -0.4 is 0 Å². The molecule has 2 N–H and O–H groups in total. The van der Waals surface area contributed by atoms with Gasteiger partial charge < -0.3 is 14.9 Å². The molecule has 0 saturated carbocycles. The molecule has 2 rings (SSSR count). The van der Waals surface area contributed by atoms with Crippen LogP contribution in [0.4, 0.5) is 0 Å². The number of ether oxygens (including phenoxy) is 1. The highest BCUT2D eigenvalue weighted by Crippen LogP contribution is 2.35. The van der Waals surface area contributed by atoms with E-state index in [1.807, 2.05) is 0 Å². The standard InChI is InChI=1S/C16H31NO3/c1-12(2)4-6-16(19)11-20-15(16)8-13(3)5-7-17-9-14(18)10-17/h12-15,18-19H,4-11H2,1-3H3. The fraction of sp³-hybridized carbons (Fsp3) is 1.00. The molecule has 0 aliphatic carbocycles. The molecule has 2 aliphatic rings. The van der Waals surface area contributed by atoms with Crippen LogP contribution in [0.2, 0.25) is 0 Å². The SMILES string of the molecule is CC(C)CCC1(O)COC1CC(C)CCN1CC(O)C1. The highest BCUT2D eigenvalue weighted by molar-refractivity contribution is 4.96. The van der Waals surface area contributed by atoms with Gasteiger partial charge in [0.2, 0.25) is 0 Å². The third-order valence-electron chi connectivity index (χ3n) is 4.78. The molecular weight excluding hydrogens is 254 g/mol. The van der Waals surface area contributed by atoms with E-state index < -0.39 is 5.60 Å². The maximum atomic E-state index is 10.6. The number of hydrogen-bond donors (Lipinski definition) is 2. The first kappa shape index (κ1) is 16.2. The van der Waals surface area contributed by atoms with E-state index in [0.717, 1.165) is 45.3 Å². The van der Waals surface area contributed by atoms with Gasteiger partial charge in [0.15, 0.2) is 0 Å². The molecule has 0 aromatic carbocycles. The van der Waals surface area contributed by atoms with Crippen molar-refractivity contribution in [1.29, 1.82) is 0 Å². The van der Waals surface area contributed by atoms with Gasteiger partial charge in [-0.3, -0.25) is 4.90 Å². The van der Waals surface area contributed by atoms with Crippen molar-refractivity contribution in [3.63, 3.8) is 0 Å². The highest BCUT2D eigenvalue weighted by atomic mass is 16.6. The van der Waals surface area contributed by atoms with Crippen LogP contribution in [0.1, 0.15) is 46.5 Å². The largest absolute Gasteiger partial charge is 0.390 e. The zero-order valence-corrected chi connectivity index (χ0v) is 13.2. The molecule has 118 valence electrons. The Morgan fingerprint density at radius 3 is 2.45 bits per heavy atom. The molecular formula is C16H31NO3. The number of β-amino-alcohol motifs (C(OH)–C–C–N with tert-alkyl or cyclic N) is 1. The van der Waals surface area contributed by atoms with Gasteiger partial charge in [-0.25, -0.2) is 0 Å². The van der Waals surface area contributed by atoms with Crippen LogP contribution >= 0.6 is 0 Å². The zero-order valence-electron chi connectivity index (χ0n) is 13.2. The van der Waals surface area contributed by atoms with Gasteiger partial charge in [0.05, 0.1) is 18.8 Å². The molecule has 2 heterocycles. The third kappa shape index (κ3) is 4.17. The molecule has 2 aliphatic heterocycles. The molecule has 0 amide bonds. The number of nitrogens with zero attached hydrogens (tertiary/aromatic N) is 1. The van der Waals surface area contributed by atoms with Crippen molar-refractivity contribution in [2.24, 2.45) is 11.8 Å². The Morgan fingerprint density at radius 1 is 1.25 bits per heavy atom. The van der Waals surface area contributed by atoms with Crippen molar-refractivity contribution < 1.29 is 14.9 Å². The van der Waals surface area contributed by atoms with Crippen molar-refractivity contribution in [3.8, 4) is 0 Å². The maximum Gasteiger partial charge on any atom is 0.114 e. The first-order valence-corrected chi connectivity index (χ1v) is 8.13. The Morgan fingerprint density at radius 2 is 1.95 bits per heavy atom. The minimum atomic E-state index is -0.578. The molecule has 2 fully saturated rings. The predicted octanol–water partition coefficient (Wildman–Crippen LogP) is 1.65. The quantitative estimate of drug-likeness (QED) is 0.712. The van der Waals surface area contributed by atoms with Gasteiger partial charge in [-0.15, -0.1) is 0 Å². The van der Waals surface area contributed by atoms with Crippen LogP contribution in [0.3, 0.4) is 0 Å². The normalized spacial score (nSPS) is 33.0. The van der Waals surface area contributed by atoms with Crippen LogP contribution in [0.15, 0.2) is 0 Å². The highest BCUT2D eigenvalue weighted by Gasteiger charge is 2.46. The second-order valence-corrected chi connectivity index (χ2v) is 7.38. The lowest BCUT2D eigenvalue weighted by molar-refractivity contribution is -0.246. The summed E-state index contributed by atoms with van der Waals surface area (Å²) in [6.45, 7) is 9.84. The lowest BCUT2D eigenvalue weighted by atomic mass is 9.80. The van der Waals surface area contributed by atoms with E-state index >= 15 is 0 Å². The molecule has 4 heteroatoms. The third-order valence-corrected chi connectivity index (χ3v) is 4.78. The summed E-state index contributed by atoms with van der Waals surface area (Å²) in [5.74, 6) is 1.19. The Bertz CT molecular complexity index is 304. The van der Waals surface area contributed by atoms with Crippen molar-refractivity contribution in [2.75, 3.05) is 26.2 Å². The lowest BCUT2D eigenvalue weighted by Crippen LogP contribution is -2.58. The summed E-state index contributed by atoms with van der Waals surface area (Å²) in [5, 5.41) is 19.8. The summed E-state index contributed by atoms with van der Waals surface area (Å²) in [6, 6.07) is 0. The monoisotopic (exact) mass is 285 g/mol. The summed E-state index contributed by atoms with van der Waals surface area (Å²) < 4.78 is 5.61. The molecule has 2 saturated heterocycles. The number of rotatable bonds is 8. The summed E-state index contributed by atoms with van der Waals surface area (Å²) in [5.41, 5.74) is -0.578. The van der Waals surface area contributed by atoms with Crippen molar-refractivity contribution in [2.45, 2.75) is 64.3 Å². The maximum absolute atomic E-state index is 10.6. The molecule has 0 bridgehead atoms. The second-order valence-electron chi connectivity index (χ2n) is 7.38. The zero-order chi connectivity index (χ0) is 14.8. The van der Waals surface area contributed by atoms with Gasteiger partial charge in [-0.05, 0) is 44.1 Å². The summed E-state index contributed by atoms with van der Waals surface area (Å²) in [6.07, 6.45) is 3.91. The molecule has 0 spiro atoms. The fourth-order valence-corrected chi connectivity index (χ4v) is 3.06. The number of hydrogen-bond acceptors (Lipinski definition) is 4. The molecule has 3 unspecified atom stereocenters. The van der Waals surface area contributed by atoms with Gasteiger partial charge in [0.1, 0.15) is 5.60 Å². The van der Waals surface area contributed by atoms with Crippen molar-refractivity contribution >= 4 is 0 Å². The van der Waals surface area contributed by atoms with Gasteiger partial charge in [0.25, 0.3) is 0 Å². The first-order chi connectivity index (χ1) is 9.39. The van der Waals surface area contributed by atoms with Crippen LogP contribution in [-0.2, 0) is 4.74 Å². The average molecular weight is 285 g/mol. The molecule has 20 heavy (non-hydrogen) atoms. The first-order valence-electron chi connectivity index (χ1n) is 8.13. The second kappa shape index (κ2) is 6.73. The minimum absolute atomic E-state index is 0.0261. The van der Waals surface area contributed by atoms with Crippen LogP contribution in [-0.4, -0.2) is 59.2 Å². The van der Waals surface area contributed by atoms with Gasteiger partial charge in [-0.2, -0.15) is 0 Å². The van der Waals surface area contributed by atoms with Crippen LogP contribution in [0, 0.1) is 11.8 Å². The topological polar surface area (TPSA) is 52.9 Å². The Balaban J connectivity index is 1.64. The average Bonchev–Trinajstić information content (AvgIpc) is 2.35. The fourth-order valence-electron chi connectivity index (χ4n) is 3.06. The molecule has 3 atom stereocenters. The van der Waals surface area contributed by atoms with E-state index in [-0.39, 0.29) is 12.2 Å². The Hall–Kier alpha value is -0.160. The molecule has 0 radical (unpaired) electrons. The Kier molecular flexibility index (Phi) is 5.46. The molecule has 4 nitrogen and oxygen atoms in total. The number of aliphatic hydroxyl groups excluding tert-OH is 1. The predicted molar refractivity (Wildman–Crippen MR) is 79.6 cm³/mol. The van der Waals surface area contributed by atoms with Crippen LogP contribution in [0.25, 0.3) is 0 Å². The van der Waals surface area contributed by atoms with Gasteiger partial charge >= 0.3 is 0 Å². The van der Waals surface area contributed by atoms with E-state index in [1.165, 1.54) is 0 Å². The summed E-state index contributed by atoms with van der Waals surface area (Å²) in [4.78, 5) is 2.29. The minimum Gasteiger partial charge on any atom is -0.390 e. The van der Waals surface area contributed by atoms with E-state index in [9.17, 15) is 10.2 Å². The molecule has 0 aromatic heterocycles. The van der Waals surface area contributed by atoms with E-state index in [2.05, 4.69) is 25.7 Å². The van der Waals surface area contributed by atoms with E-state index in [1.54, 1.807) is 0 Å². The van der Waals surface area contributed by atoms with E-state index in [4.69, 9.17) is 4.74 Å². The van der Waals surface area contributed by atoms with Gasteiger partial charge in [-0.1, -0.05) is 20.8 Å². The Labute approximate surface area is 123 Å². The van der Waals surface area contributed by atoms with Gasteiger partial charge in [0, 0.05) is 13.1 Å². The van der Waals surface area contributed by atoms with E-state index in [0.29, 0.717) is 18.4 Å². The van der Waals surface area contributed by atoms with Crippen LogP contribution in [0.5, 0.6) is 0 Å². The summed E-state index contributed by atoms with van der Waals surface area (Å²) in [7, 11) is 0. The number of aliphatic hydroxyl groups is 2. The number of likely N-dealkylation sites (tertiary alicyclic amines) is 1. The van der Waals surface area contributed by atoms with Crippen molar-refractivity contribution in [1.82, 2.24) is 4.90 Å². The molecule has 0 aromatic rings. The van der Waals surface area contributed by atoms with Crippen molar-refractivity contribution in [3.05, 3.63) is 0 Å². The smallest absolute Gasteiger partial charge is 0.114 e. The summed E-state index contributed by atoms with van der Waals surface area (Å²) >= 11 is 0.